The molecule has 3 nitrogen and oxygen atoms in total. The quantitative estimate of drug-likeness (QED) is 0.340. The molecular weight excluding hydrogens is 348 g/mol. The van der Waals surface area contributed by atoms with Gasteiger partial charge in [0.15, 0.2) is 5.78 Å². The van der Waals surface area contributed by atoms with Crippen molar-refractivity contribution in [1.82, 2.24) is 0 Å². The Balaban J connectivity index is 2.23. The minimum absolute atomic E-state index is 0.00571. The van der Waals surface area contributed by atoms with Crippen LogP contribution in [-0.4, -0.2) is 18.1 Å². The first-order valence-corrected chi connectivity index (χ1v) is 8.59. The Kier molecular flexibility index (Phi) is 6.26. The summed E-state index contributed by atoms with van der Waals surface area (Å²) in [7, 11) is 0. The summed E-state index contributed by atoms with van der Waals surface area (Å²) in [5.41, 5.74) is 3.37. The second-order valence-corrected chi connectivity index (χ2v) is 6.49. The minimum Gasteiger partial charge on any atom is -0.429 e. The van der Waals surface area contributed by atoms with Crippen LogP contribution >= 0.6 is 0 Å². The van der Waals surface area contributed by atoms with Crippen molar-refractivity contribution < 1.29 is 18.3 Å². The highest BCUT2D eigenvalue weighted by atomic mass is 19.3. The van der Waals surface area contributed by atoms with E-state index in [1.807, 2.05) is 32.9 Å². The van der Waals surface area contributed by atoms with Crippen LogP contribution in [0.2, 0.25) is 0 Å². The average Bonchev–Trinajstić information content (AvgIpc) is 2.57. The third-order valence-corrected chi connectivity index (χ3v) is 4.12. The van der Waals surface area contributed by atoms with Crippen molar-refractivity contribution >= 4 is 17.7 Å². The van der Waals surface area contributed by atoms with Gasteiger partial charge in [0, 0.05) is 23.8 Å². The summed E-state index contributed by atoms with van der Waals surface area (Å²) in [6, 6.07) is 9.86. The maximum Gasteiger partial charge on any atom is 0.422 e. The predicted octanol–water partition coefficient (Wildman–Crippen LogP) is 6.00. The molecule has 27 heavy (non-hydrogen) atoms. The fourth-order valence-electron chi connectivity index (χ4n) is 2.61. The second-order valence-electron chi connectivity index (χ2n) is 6.49. The molecule has 0 heterocycles. The Morgan fingerprint density at radius 3 is 2.56 bits per heavy atom. The number of hydrogen-bond donors (Lipinski definition) is 0. The number of aliphatic imine (C=N–C) groups is 1. The van der Waals surface area contributed by atoms with Gasteiger partial charge >= 0.3 is 6.11 Å². The first-order chi connectivity index (χ1) is 12.6. The van der Waals surface area contributed by atoms with Crippen molar-refractivity contribution in [3.8, 4) is 5.75 Å². The molecule has 0 unspecified atom stereocenters. The summed E-state index contributed by atoms with van der Waals surface area (Å²) in [5, 5.41) is 0. The van der Waals surface area contributed by atoms with Gasteiger partial charge in [0.05, 0.1) is 5.69 Å². The number of carbonyl (C=O) groups excluding carboxylic acids is 1. The lowest BCUT2D eigenvalue weighted by Gasteiger charge is -2.18. The fourth-order valence-corrected chi connectivity index (χ4v) is 2.61. The molecule has 0 atom stereocenters. The van der Waals surface area contributed by atoms with Gasteiger partial charge < -0.3 is 4.74 Å². The van der Waals surface area contributed by atoms with Crippen molar-refractivity contribution in [2.75, 3.05) is 0 Å². The molecule has 0 aliphatic rings. The van der Waals surface area contributed by atoms with Gasteiger partial charge in [-0.25, -0.2) is 0 Å². The predicted molar refractivity (Wildman–Crippen MR) is 105 cm³/mol. The lowest BCUT2D eigenvalue weighted by molar-refractivity contribution is -0.141. The van der Waals surface area contributed by atoms with Gasteiger partial charge in [0.1, 0.15) is 5.75 Å². The van der Waals surface area contributed by atoms with E-state index in [0.717, 1.165) is 16.8 Å². The summed E-state index contributed by atoms with van der Waals surface area (Å²) in [5.74, 6) is -0.0970. The second kappa shape index (κ2) is 8.25. The van der Waals surface area contributed by atoms with Crippen molar-refractivity contribution in [1.29, 1.82) is 0 Å². The zero-order chi connectivity index (χ0) is 20.2. The van der Waals surface area contributed by atoms with E-state index in [0.29, 0.717) is 11.1 Å². The van der Waals surface area contributed by atoms with Gasteiger partial charge in [0.2, 0.25) is 0 Å². The molecule has 0 fully saturated rings. The maximum absolute atomic E-state index is 13.7. The van der Waals surface area contributed by atoms with Crippen LogP contribution in [0.25, 0.3) is 0 Å². The Labute approximate surface area is 158 Å². The highest BCUT2D eigenvalue weighted by Crippen LogP contribution is 2.28. The van der Waals surface area contributed by atoms with Crippen LogP contribution in [0.4, 0.5) is 14.5 Å². The molecule has 0 radical (unpaired) electrons. The molecule has 0 spiro atoms. The summed E-state index contributed by atoms with van der Waals surface area (Å²) in [6.07, 6.45) is -1.66. The van der Waals surface area contributed by atoms with Crippen LogP contribution in [-0.2, 0) is 6.42 Å². The first-order valence-electron chi connectivity index (χ1n) is 8.59. The van der Waals surface area contributed by atoms with Crippen molar-refractivity contribution in [2.24, 2.45) is 4.99 Å². The highest BCUT2D eigenvalue weighted by Gasteiger charge is 2.32. The monoisotopic (exact) mass is 371 g/mol. The summed E-state index contributed by atoms with van der Waals surface area (Å²) in [6.45, 7) is 10.0. The molecule has 0 aliphatic carbocycles. The van der Waals surface area contributed by atoms with Crippen molar-refractivity contribution in [2.45, 2.75) is 40.2 Å². The molecule has 0 saturated heterocycles. The summed E-state index contributed by atoms with van der Waals surface area (Å²) >= 11 is 0. The molecule has 5 heteroatoms. The largest absolute Gasteiger partial charge is 0.429 e. The van der Waals surface area contributed by atoms with Gasteiger partial charge in [-0.1, -0.05) is 18.7 Å². The van der Waals surface area contributed by atoms with Crippen LogP contribution in [0.15, 0.2) is 53.5 Å². The average molecular weight is 371 g/mol. The maximum atomic E-state index is 13.7. The van der Waals surface area contributed by atoms with Crippen molar-refractivity contribution in [3.63, 3.8) is 0 Å². The zero-order valence-electron chi connectivity index (χ0n) is 16.0. The minimum atomic E-state index is -3.45. The number of ether oxygens (including phenoxy) is 1. The Morgan fingerprint density at radius 2 is 1.93 bits per heavy atom. The van der Waals surface area contributed by atoms with Crippen LogP contribution in [0.3, 0.4) is 0 Å². The van der Waals surface area contributed by atoms with Crippen LogP contribution in [0.5, 0.6) is 5.75 Å². The number of ketones is 1. The van der Waals surface area contributed by atoms with E-state index in [4.69, 9.17) is 4.74 Å². The number of hydrogen-bond acceptors (Lipinski definition) is 3. The number of benzene rings is 2. The first kappa shape index (κ1) is 20.5. The fraction of sp³-hybridized carbons (Fsp3) is 0.273. The number of Topliss-reactive ketones (excluding diaryl/α,β-unsaturated/α-hetero) is 1. The number of carbonyl (C=O) groups is 1. The summed E-state index contributed by atoms with van der Waals surface area (Å²) < 4.78 is 32.1. The molecule has 2 aromatic rings. The van der Waals surface area contributed by atoms with Crippen molar-refractivity contribution in [3.05, 3.63) is 70.8 Å². The summed E-state index contributed by atoms with van der Waals surface area (Å²) in [4.78, 5) is 17.0. The van der Waals surface area contributed by atoms with Gasteiger partial charge in [0.25, 0.3) is 0 Å². The molecule has 0 amide bonds. The number of halogens is 2. The normalized spacial score (nSPS) is 11.6. The van der Waals surface area contributed by atoms with E-state index in [9.17, 15) is 13.6 Å². The van der Waals surface area contributed by atoms with Crippen LogP contribution in [0.1, 0.15) is 40.9 Å². The van der Waals surface area contributed by atoms with Gasteiger partial charge in [-0.05, 0) is 68.7 Å². The number of nitrogens with zero attached hydrogens (tertiary/aromatic N) is 1. The molecule has 0 aromatic heterocycles. The highest BCUT2D eigenvalue weighted by molar-refractivity contribution is 5.99. The number of aryl methyl sites for hydroxylation is 2. The zero-order valence-corrected chi connectivity index (χ0v) is 16.0. The SMILES string of the molecule is C=C(C)C(F)(F)Oc1cccc(CC(=O)c2cc(C)c(N=CC)cc2C)c1. The van der Waals surface area contributed by atoms with Gasteiger partial charge in [-0.15, -0.1) is 0 Å². The molecule has 142 valence electrons. The Morgan fingerprint density at radius 1 is 1.22 bits per heavy atom. The molecule has 0 bridgehead atoms. The molecule has 0 N–H and O–H groups in total. The van der Waals surface area contributed by atoms with Gasteiger partial charge in [-0.2, -0.15) is 8.78 Å². The van der Waals surface area contributed by atoms with E-state index in [-0.39, 0.29) is 23.5 Å². The van der Waals surface area contributed by atoms with E-state index < -0.39 is 6.11 Å². The standard InChI is InChI=1S/C22H23F2NO2/c1-6-25-20-11-15(4)19(10-16(20)5)21(26)13-17-8-7-9-18(12-17)27-22(23,24)14(2)3/h6-12H,2,13H2,1,3-5H3. The lowest BCUT2D eigenvalue weighted by atomic mass is 9.96. The molecule has 2 aromatic carbocycles. The van der Waals surface area contributed by atoms with E-state index in [1.54, 1.807) is 18.3 Å². The molecule has 0 aliphatic heterocycles. The topological polar surface area (TPSA) is 38.7 Å². The lowest BCUT2D eigenvalue weighted by Crippen LogP contribution is -2.25. The van der Waals surface area contributed by atoms with E-state index in [1.165, 1.54) is 19.1 Å². The Bertz CT molecular complexity index is 901. The van der Waals surface area contributed by atoms with Crippen LogP contribution < -0.4 is 4.74 Å². The van der Waals surface area contributed by atoms with Gasteiger partial charge in [-0.3, -0.25) is 9.79 Å². The Hall–Kier alpha value is -2.82. The van der Waals surface area contributed by atoms with E-state index in [2.05, 4.69) is 11.6 Å². The third-order valence-electron chi connectivity index (χ3n) is 4.12. The van der Waals surface area contributed by atoms with Crippen LogP contribution in [0, 0.1) is 13.8 Å². The molecule has 2 rings (SSSR count). The smallest absolute Gasteiger partial charge is 0.422 e. The third kappa shape index (κ3) is 5.09. The van der Waals surface area contributed by atoms with E-state index >= 15 is 0 Å². The molecular formula is C22H23F2NO2. The number of alkyl halides is 2. The molecule has 0 saturated carbocycles. The number of rotatable bonds is 7.